The summed E-state index contributed by atoms with van der Waals surface area (Å²) in [7, 11) is 0. The van der Waals surface area contributed by atoms with Gasteiger partial charge in [0.25, 0.3) is 0 Å². The van der Waals surface area contributed by atoms with Gasteiger partial charge in [-0.3, -0.25) is 4.79 Å². The average molecular weight is 337 g/mol. The van der Waals surface area contributed by atoms with E-state index in [1.54, 1.807) is 19.1 Å². The largest absolute Gasteiger partial charge is 0.466 e. The van der Waals surface area contributed by atoms with Crippen molar-refractivity contribution in [3.63, 3.8) is 0 Å². The van der Waals surface area contributed by atoms with Gasteiger partial charge in [-0.1, -0.05) is 27.5 Å². The molecule has 0 spiro atoms. The first-order valence-corrected chi connectivity index (χ1v) is 6.72. The summed E-state index contributed by atoms with van der Waals surface area (Å²) in [4.78, 5) is 11.1. The summed E-state index contributed by atoms with van der Waals surface area (Å²) in [5.74, 6) is -0.409. The number of carbonyl (C=O) groups excluding carboxylic acids is 1. The Morgan fingerprint density at radius 3 is 2.94 bits per heavy atom. The van der Waals surface area contributed by atoms with Crippen molar-refractivity contribution in [2.45, 2.75) is 19.4 Å². The van der Waals surface area contributed by atoms with Gasteiger partial charge in [-0.05, 0) is 25.1 Å². The maximum absolute atomic E-state index is 11.1. The van der Waals surface area contributed by atoms with Gasteiger partial charge in [0.1, 0.15) is 0 Å². The molecule has 0 bridgehead atoms. The normalized spacial score (nSPS) is 12.0. The molecule has 1 aromatic rings. The number of anilines is 1. The van der Waals surface area contributed by atoms with Gasteiger partial charge in [0.05, 0.1) is 29.8 Å². The van der Waals surface area contributed by atoms with Crippen LogP contribution in [0.3, 0.4) is 0 Å². The van der Waals surface area contributed by atoms with E-state index in [0.717, 1.165) is 4.47 Å². The summed E-state index contributed by atoms with van der Waals surface area (Å²) in [6.45, 7) is 2.28. The molecule has 100 valence electrons. The molecule has 1 aromatic carbocycles. The van der Waals surface area contributed by atoms with Crippen molar-refractivity contribution in [1.82, 2.24) is 0 Å². The molecule has 0 amide bonds. The topological polar surface area (TPSA) is 58.6 Å². The molecule has 4 nitrogen and oxygen atoms in total. The highest BCUT2D eigenvalue weighted by molar-refractivity contribution is 9.10. The number of hydrogen-bond acceptors (Lipinski definition) is 4. The summed E-state index contributed by atoms with van der Waals surface area (Å²) in [6, 6.07) is 5.39. The van der Waals surface area contributed by atoms with Crippen LogP contribution in [0.4, 0.5) is 5.69 Å². The van der Waals surface area contributed by atoms with Gasteiger partial charge in [-0.25, -0.2) is 0 Å². The molecule has 0 aliphatic carbocycles. The van der Waals surface area contributed by atoms with E-state index in [2.05, 4.69) is 21.2 Å². The van der Waals surface area contributed by atoms with Crippen LogP contribution in [0.2, 0.25) is 5.02 Å². The number of nitrogens with one attached hydrogen (secondary N) is 1. The van der Waals surface area contributed by atoms with Crippen LogP contribution < -0.4 is 5.32 Å². The SMILES string of the molecule is CCOC(=O)CC(O)CNc1ccc(Br)cc1Cl. The third-order valence-corrected chi connectivity index (χ3v) is 2.97. The van der Waals surface area contributed by atoms with Gasteiger partial charge in [-0.2, -0.15) is 0 Å². The van der Waals surface area contributed by atoms with Gasteiger partial charge >= 0.3 is 5.97 Å². The molecule has 1 atom stereocenters. The molecule has 0 radical (unpaired) electrons. The van der Waals surface area contributed by atoms with Gasteiger partial charge in [0.15, 0.2) is 0 Å². The van der Waals surface area contributed by atoms with Crippen LogP contribution in [0.25, 0.3) is 0 Å². The van der Waals surface area contributed by atoms with Crippen LogP contribution in [-0.4, -0.2) is 30.3 Å². The molecule has 1 rings (SSSR count). The number of ether oxygens (including phenoxy) is 1. The van der Waals surface area contributed by atoms with Gasteiger partial charge in [0, 0.05) is 11.0 Å². The van der Waals surface area contributed by atoms with E-state index in [9.17, 15) is 9.90 Å². The van der Waals surface area contributed by atoms with Gasteiger partial charge in [-0.15, -0.1) is 0 Å². The summed E-state index contributed by atoms with van der Waals surface area (Å²) in [5, 5.41) is 13.2. The number of halogens is 2. The Kier molecular flexibility index (Phi) is 6.46. The highest BCUT2D eigenvalue weighted by Crippen LogP contribution is 2.25. The molecular weight excluding hydrogens is 321 g/mol. The Labute approximate surface area is 119 Å². The summed E-state index contributed by atoms with van der Waals surface area (Å²) in [6.07, 6.45) is -0.835. The number of esters is 1. The first kappa shape index (κ1) is 15.3. The average Bonchev–Trinajstić information content (AvgIpc) is 2.28. The Morgan fingerprint density at radius 1 is 1.61 bits per heavy atom. The first-order chi connectivity index (χ1) is 8.52. The Bertz CT molecular complexity index is 414. The molecule has 0 saturated heterocycles. The Morgan fingerprint density at radius 2 is 2.33 bits per heavy atom. The smallest absolute Gasteiger partial charge is 0.308 e. The van der Waals surface area contributed by atoms with Gasteiger partial charge in [0.2, 0.25) is 0 Å². The number of benzene rings is 1. The molecule has 0 aromatic heterocycles. The van der Waals surface area contributed by atoms with Crippen LogP contribution in [-0.2, 0) is 9.53 Å². The molecule has 0 aliphatic rings. The molecule has 0 fully saturated rings. The van der Waals surface area contributed by atoms with E-state index in [1.165, 1.54) is 0 Å². The van der Waals surface area contributed by atoms with Crippen molar-refractivity contribution >= 4 is 39.2 Å². The van der Waals surface area contributed by atoms with E-state index < -0.39 is 12.1 Å². The van der Waals surface area contributed by atoms with Crippen LogP contribution in [0.1, 0.15) is 13.3 Å². The molecule has 1 unspecified atom stereocenters. The number of hydrogen-bond donors (Lipinski definition) is 2. The highest BCUT2D eigenvalue weighted by atomic mass is 79.9. The van der Waals surface area contributed by atoms with Crippen molar-refractivity contribution in [1.29, 1.82) is 0 Å². The lowest BCUT2D eigenvalue weighted by molar-refractivity contribution is -0.145. The lowest BCUT2D eigenvalue weighted by Crippen LogP contribution is -2.24. The third-order valence-electron chi connectivity index (χ3n) is 2.17. The van der Waals surface area contributed by atoms with E-state index in [-0.39, 0.29) is 13.0 Å². The molecular formula is C12H15BrClNO3. The number of carbonyl (C=O) groups is 1. The predicted octanol–water partition coefficient (Wildman–Crippen LogP) is 2.83. The minimum Gasteiger partial charge on any atom is -0.466 e. The zero-order valence-corrected chi connectivity index (χ0v) is 12.3. The second-order valence-electron chi connectivity index (χ2n) is 3.67. The fourth-order valence-corrected chi connectivity index (χ4v) is 2.09. The third kappa shape index (κ3) is 5.25. The van der Waals surface area contributed by atoms with E-state index >= 15 is 0 Å². The lowest BCUT2D eigenvalue weighted by Gasteiger charge is -2.13. The lowest BCUT2D eigenvalue weighted by atomic mass is 10.2. The fraction of sp³-hybridized carbons (Fsp3) is 0.417. The molecule has 6 heteroatoms. The zero-order chi connectivity index (χ0) is 13.5. The summed E-state index contributed by atoms with van der Waals surface area (Å²) in [5.41, 5.74) is 0.711. The second kappa shape index (κ2) is 7.61. The highest BCUT2D eigenvalue weighted by Gasteiger charge is 2.12. The number of aliphatic hydroxyl groups is 1. The summed E-state index contributed by atoms with van der Waals surface area (Å²) >= 11 is 9.31. The minimum absolute atomic E-state index is 0.0328. The monoisotopic (exact) mass is 335 g/mol. The quantitative estimate of drug-likeness (QED) is 0.784. The molecule has 2 N–H and O–H groups in total. The Balaban J connectivity index is 2.42. The van der Waals surface area contributed by atoms with E-state index in [0.29, 0.717) is 17.3 Å². The van der Waals surface area contributed by atoms with Crippen molar-refractivity contribution in [3.8, 4) is 0 Å². The van der Waals surface area contributed by atoms with Crippen LogP contribution in [0.15, 0.2) is 22.7 Å². The van der Waals surface area contributed by atoms with E-state index in [4.69, 9.17) is 16.3 Å². The Hall–Kier alpha value is -0.780. The number of aliphatic hydroxyl groups excluding tert-OH is 1. The standard InChI is InChI=1S/C12H15BrClNO3/c1-2-18-12(17)6-9(16)7-15-11-4-3-8(13)5-10(11)14/h3-5,9,15-16H,2,6-7H2,1H3. The second-order valence-corrected chi connectivity index (χ2v) is 4.99. The van der Waals surface area contributed by atoms with Crippen LogP contribution in [0.5, 0.6) is 0 Å². The van der Waals surface area contributed by atoms with Crippen molar-refractivity contribution in [2.75, 3.05) is 18.5 Å². The zero-order valence-electron chi connectivity index (χ0n) is 9.95. The first-order valence-electron chi connectivity index (χ1n) is 5.55. The van der Waals surface area contributed by atoms with Crippen molar-refractivity contribution in [3.05, 3.63) is 27.7 Å². The maximum atomic E-state index is 11.1. The van der Waals surface area contributed by atoms with Crippen molar-refractivity contribution < 1.29 is 14.6 Å². The maximum Gasteiger partial charge on any atom is 0.308 e. The number of rotatable bonds is 6. The predicted molar refractivity (Wildman–Crippen MR) is 74.9 cm³/mol. The molecule has 0 aliphatic heterocycles. The fourth-order valence-electron chi connectivity index (χ4n) is 1.35. The van der Waals surface area contributed by atoms with E-state index in [1.807, 2.05) is 6.07 Å². The molecule has 18 heavy (non-hydrogen) atoms. The van der Waals surface area contributed by atoms with Gasteiger partial charge < -0.3 is 15.2 Å². The minimum atomic E-state index is -0.802. The molecule has 0 heterocycles. The summed E-state index contributed by atoms with van der Waals surface area (Å²) < 4.78 is 5.62. The van der Waals surface area contributed by atoms with Crippen LogP contribution in [0, 0.1) is 0 Å². The van der Waals surface area contributed by atoms with Crippen molar-refractivity contribution in [2.24, 2.45) is 0 Å². The van der Waals surface area contributed by atoms with Crippen LogP contribution >= 0.6 is 27.5 Å². The molecule has 0 saturated carbocycles.